The Balaban J connectivity index is 1.60. The van der Waals surface area contributed by atoms with Gasteiger partial charge in [0.2, 0.25) is 0 Å². The highest BCUT2D eigenvalue weighted by Gasteiger charge is 2.34. The highest BCUT2D eigenvalue weighted by molar-refractivity contribution is 6.30. The molecule has 0 aliphatic heterocycles. The Labute approximate surface area is 132 Å². The lowest BCUT2D eigenvalue weighted by molar-refractivity contribution is 0.117. The summed E-state index contributed by atoms with van der Waals surface area (Å²) < 4.78 is 13.2. The third-order valence-corrected chi connectivity index (χ3v) is 5.93. The number of hydrogen-bond donors (Lipinski definition) is 1. The summed E-state index contributed by atoms with van der Waals surface area (Å²) in [6.07, 6.45) is 10.4. The molecule has 0 amide bonds. The fraction of sp³-hybridized carbons (Fsp3) is 0.667. The van der Waals surface area contributed by atoms with Crippen LogP contribution >= 0.6 is 11.6 Å². The maximum absolute atomic E-state index is 13.2. The third-order valence-electron chi connectivity index (χ3n) is 5.64. The molecule has 0 radical (unpaired) electrons. The molecule has 2 aliphatic rings. The first-order valence-corrected chi connectivity index (χ1v) is 8.71. The Morgan fingerprint density at radius 2 is 1.90 bits per heavy atom. The van der Waals surface area contributed by atoms with Crippen molar-refractivity contribution >= 4 is 11.6 Å². The van der Waals surface area contributed by atoms with E-state index in [2.05, 4.69) is 0 Å². The molecule has 1 aromatic rings. The van der Waals surface area contributed by atoms with Gasteiger partial charge in [0, 0.05) is 6.04 Å². The zero-order valence-electron chi connectivity index (χ0n) is 12.5. The Bertz CT molecular complexity index is 490. The minimum atomic E-state index is -0.350. The average molecular weight is 310 g/mol. The standard InChI is InChI=1S/C18H25ClFN/c19-16-9-12(5-8-17(16)20)10-18(21)15-7-6-13-3-1-2-4-14(13)11-15/h5,8-9,13-15,18H,1-4,6-7,10-11,21H2. The molecule has 1 nitrogen and oxygen atoms in total. The van der Waals surface area contributed by atoms with E-state index >= 15 is 0 Å². The van der Waals surface area contributed by atoms with E-state index < -0.39 is 0 Å². The lowest BCUT2D eigenvalue weighted by Crippen LogP contribution is -2.38. The summed E-state index contributed by atoms with van der Waals surface area (Å²) in [5.74, 6) is 2.13. The van der Waals surface area contributed by atoms with E-state index in [1.54, 1.807) is 6.07 Å². The van der Waals surface area contributed by atoms with Gasteiger partial charge >= 0.3 is 0 Å². The summed E-state index contributed by atoms with van der Waals surface area (Å²) in [7, 11) is 0. The fourth-order valence-corrected chi connectivity index (χ4v) is 4.61. The van der Waals surface area contributed by atoms with E-state index in [0.717, 1.165) is 23.8 Å². The van der Waals surface area contributed by atoms with E-state index in [4.69, 9.17) is 17.3 Å². The number of fused-ring (bicyclic) bond motifs is 1. The van der Waals surface area contributed by atoms with Gasteiger partial charge in [-0.1, -0.05) is 43.4 Å². The van der Waals surface area contributed by atoms with Crippen LogP contribution in [0.25, 0.3) is 0 Å². The highest BCUT2D eigenvalue weighted by Crippen LogP contribution is 2.43. The van der Waals surface area contributed by atoms with Crippen LogP contribution in [0.1, 0.15) is 50.5 Å². The molecule has 0 spiro atoms. The van der Waals surface area contributed by atoms with Gasteiger partial charge in [0.15, 0.2) is 0 Å². The summed E-state index contributed by atoms with van der Waals surface area (Å²) in [5, 5.41) is 0.204. The average Bonchev–Trinajstić information content (AvgIpc) is 2.50. The smallest absolute Gasteiger partial charge is 0.141 e. The molecule has 0 aromatic heterocycles. The van der Waals surface area contributed by atoms with Crippen LogP contribution < -0.4 is 5.73 Å². The van der Waals surface area contributed by atoms with Gasteiger partial charge in [0.25, 0.3) is 0 Å². The van der Waals surface area contributed by atoms with Crippen LogP contribution in [0.2, 0.25) is 5.02 Å². The lowest BCUT2D eigenvalue weighted by Gasteiger charge is -2.41. The molecule has 2 saturated carbocycles. The van der Waals surface area contributed by atoms with Gasteiger partial charge in [0.05, 0.1) is 5.02 Å². The normalized spacial score (nSPS) is 30.7. The van der Waals surface area contributed by atoms with Crippen LogP contribution in [-0.2, 0) is 6.42 Å². The van der Waals surface area contributed by atoms with E-state index in [-0.39, 0.29) is 16.9 Å². The fourth-order valence-electron chi connectivity index (χ4n) is 4.40. The summed E-state index contributed by atoms with van der Waals surface area (Å²) in [4.78, 5) is 0. The van der Waals surface area contributed by atoms with Gasteiger partial charge < -0.3 is 5.73 Å². The van der Waals surface area contributed by atoms with Crippen LogP contribution in [0.4, 0.5) is 4.39 Å². The number of nitrogens with two attached hydrogens (primary N) is 1. The SMILES string of the molecule is NC(Cc1ccc(F)c(Cl)c1)C1CCC2CCCCC2C1. The van der Waals surface area contributed by atoms with Crippen LogP contribution in [0.15, 0.2) is 18.2 Å². The quantitative estimate of drug-likeness (QED) is 0.839. The molecule has 2 fully saturated rings. The zero-order chi connectivity index (χ0) is 14.8. The molecule has 21 heavy (non-hydrogen) atoms. The van der Waals surface area contributed by atoms with Crippen molar-refractivity contribution in [3.63, 3.8) is 0 Å². The molecular weight excluding hydrogens is 285 g/mol. The molecule has 2 N–H and O–H groups in total. The molecule has 2 aliphatic carbocycles. The number of benzene rings is 1. The van der Waals surface area contributed by atoms with Crippen LogP contribution in [0, 0.1) is 23.6 Å². The molecule has 4 unspecified atom stereocenters. The van der Waals surface area contributed by atoms with Crippen molar-refractivity contribution in [1.29, 1.82) is 0 Å². The first kappa shape index (κ1) is 15.3. The Kier molecular flexibility index (Phi) is 4.85. The van der Waals surface area contributed by atoms with Crippen molar-refractivity contribution in [3.05, 3.63) is 34.6 Å². The van der Waals surface area contributed by atoms with E-state index in [1.807, 2.05) is 6.07 Å². The molecule has 0 bridgehead atoms. The van der Waals surface area contributed by atoms with Crippen molar-refractivity contribution in [1.82, 2.24) is 0 Å². The molecule has 116 valence electrons. The third kappa shape index (κ3) is 3.60. The van der Waals surface area contributed by atoms with Gasteiger partial charge in [-0.3, -0.25) is 0 Å². The van der Waals surface area contributed by atoms with E-state index in [9.17, 15) is 4.39 Å². The highest BCUT2D eigenvalue weighted by atomic mass is 35.5. The second-order valence-corrected chi connectivity index (χ2v) is 7.40. The minimum absolute atomic E-state index is 0.175. The van der Waals surface area contributed by atoms with Crippen LogP contribution in [0.5, 0.6) is 0 Å². The molecule has 4 atom stereocenters. The molecule has 3 heteroatoms. The Hall–Kier alpha value is -0.600. The number of hydrogen-bond acceptors (Lipinski definition) is 1. The Morgan fingerprint density at radius 3 is 2.67 bits per heavy atom. The van der Waals surface area contributed by atoms with Crippen molar-refractivity contribution < 1.29 is 4.39 Å². The van der Waals surface area contributed by atoms with Gasteiger partial charge in [-0.25, -0.2) is 4.39 Å². The summed E-state index contributed by atoms with van der Waals surface area (Å²) in [5.41, 5.74) is 7.51. The lowest BCUT2D eigenvalue weighted by atomic mass is 9.66. The predicted molar refractivity (Wildman–Crippen MR) is 85.9 cm³/mol. The zero-order valence-corrected chi connectivity index (χ0v) is 13.3. The minimum Gasteiger partial charge on any atom is -0.327 e. The van der Waals surface area contributed by atoms with E-state index in [0.29, 0.717) is 5.92 Å². The summed E-state index contributed by atoms with van der Waals surface area (Å²) in [6.45, 7) is 0. The summed E-state index contributed by atoms with van der Waals surface area (Å²) >= 11 is 5.86. The maximum atomic E-state index is 13.2. The molecule has 0 saturated heterocycles. The molecular formula is C18H25ClFN. The van der Waals surface area contributed by atoms with Crippen molar-refractivity contribution in [2.45, 2.75) is 57.4 Å². The first-order chi connectivity index (χ1) is 10.1. The van der Waals surface area contributed by atoms with Gasteiger partial charge in [0.1, 0.15) is 5.82 Å². The van der Waals surface area contributed by atoms with Gasteiger partial charge in [-0.05, 0) is 61.1 Å². The largest absolute Gasteiger partial charge is 0.327 e. The predicted octanol–water partition coefficient (Wildman–Crippen LogP) is 4.96. The second kappa shape index (κ2) is 6.66. The van der Waals surface area contributed by atoms with E-state index in [1.165, 1.54) is 51.0 Å². The Morgan fingerprint density at radius 1 is 1.14 bits per heavy atom. The van der Waals surface area contributed by atoms with Gasteiger partial charge in [-0.2, -0.15) is 0 Å². The molecule has 0 heterocycles. The number of rotatable bonds is 3. The number of halogens is 2. The second-order valence-electron chi connectivity index (χ2n) is 6.99. The van der Waals surface area contributed by atoms with Crippen molar-refractivity contribution in [2.24, 2.45) is 23.5 Å². The molecule has 3 rings (SSSR count). The van der Waals surface area contributed by atoms with Crippen LogP contribution in [-0.4, -0.2) is 6.04 Å². The molecule has 1 aromatic carbocycles. The topological polar surface area (TPSA) is 26.0 Å². The van der Waals surface area contributed by atoms with Crippen molar-refractivity contribution in [3.8, 4) is 0 Å². The first-order valence-electron chi connectivity index (χ1n) is 8.33. The van der Waals surface area contributed by atoms with Gasteiger partial charge in [-0.15, -0.1) is 0 Å². The maximum Gasteiger partial charge on any atom is 0.141 e. The summed E-state index contributed by atoms with van der Waals surface area (Å²) in [6, 6.07) is 5.16. The monoisotopic (exact) mass is 309 g/mol. The van der Waals surface area contributed by atoms with Crippen molar-refractivity contribution in [2.75, 3.05) is 0 Å². The van der Waals surface area contributed by atoms with Crippen LogP contribution in [0.3, 0.4) is 0 Å².